The second-order valence-corrected chi connectivity index (χ2v) is 3.96. The second-order valence-electron chi connectivity index (χ2n) is 2.72. The van der Waals surface area contributed by atoms with Crippen molar-refractivity contribution in [2.75, 3.05) is 17.3 Å². The van der Waals surface area contributed by atoms with E-state index in [4.69, 9.17) is 16.3 Å². The Hall–Kier alpha value is -0.740. The van der Waals surface area contributed by atoms with Crippen LogP contribution in [0.1, 0.15) is 0 Å². The maximum Gasteiger partial charge on any atom is 0.415 e. The van der Waals surface area contributed by atoms with Gasteiger partial charge in [-0.2, -0.15) is 0 Å². The minimum atomic E-state index is -0.298. The Balaban J connectivity index is 2.14. The van der Waals surface area contributed by atoms with Crippen LogP contribution in [0.3, 0.4) is 0 Å². The second kappa shape index (κ2) is 3.55. The predicted octanol–water partition coefficient (Wildman–Crippen LogP) is 2.31. The van der Waals surface area contributed by atoms with Crippen molar-refractivity contribution in [1.82, 2.24) is 0 Å². The number of nitrogens with zero attached hydrogens (tertiary/aromatic N) is 1. The first-order valence-electron chi connectivity index (χ1n) is 3.89. The van der Waals surface area contributed by atoms with Crippen molar-refractivity contribution in [3.63, 3.8) is 0 Å². The Morgan fingerprint density at radius 1 is 1.77 bits per heavy atom. The van der Waals surface area contributed by atoms with Gasteiger partial charge in [0.25, 0.3) is 0 Å². The summed E-state index contributed by atoms with van der Waals surface area (Å²) in [4.78, 5) is 12.9. The molecule has 1 saturated heterocycles. The molecular formula is C8H8ClNO2S. The van der Waals surface area contributed by atoms with Gasteiger partial charge in [-0.25, -0.2) is 4.79 Å². The number of anilines is 1. The molecule has 1 atom stereocenters. The van der Waals surface area contributed by atoms with Gasteiger partial charge >= 0.3 is 6.09 Å². The van der Waals surface area contributed by atoms with Crippen molar-refractivity contribution in [2.45, 2.75) is 6.10 Å². The van der Waals surface area contributed by atoms with Gasteiger partial charge in [-0.05, 0) is 17.5 Å². The van der Waals surface area contributed by atoms with Crippen molar-refractivity contribution in [2.24, 2.45) is 0 Å². The third kappa shape index (κ3) is 1.64. The normalized spacial score (nSPS) is 22.1. The Morgan fingerprint density at radius 2 is 2.62 bits per heavy atom. The number of amides is 1. The molecule has 0 bridgehead atoms. The monoisotopic (exact) mass is 217 g/mol. The molecule has 0 saturated carbocycles. The summed E-state index contributed by atoms with van der Waals surface area (Å²) in [5.41, 5.74) is 0. The molecule has 5 heteroatoms. The van der Waals surface area contributed by atoms with Crippen LogP contribution in [0.5, 0.6) is 0 Å². The number of hydrogen-bond acceptors (Lipinski definition) is 3. The van der Waals surface area contributed by atoms with E-state index in [0.29, 0.717) is 12.4 Å². The Labute approximate surface area is 84.9 Å². The van der Waals surface area contributed by atoms with Crippen LogP contribution in [0.15, 0.2) is 17.5 Å². The molecule has 1 fully saturated rings. The third-order valence-corrected chi connectivity index (χ3v) is 3.05. The van der Waals surface area contributed by atoms with Crippen LogP contribution in [0.4, 0.5) is 9.80 Å². The molecule has 0 N–H and O–H groups in total. The van der Waals surface area contributed by atoms with Gasteiger partial charge in [-0.15, -0.1) is 22.9 Å². The summed E-state index contributed by atoms with van der Waals surface area (Å²) < 4.78 is 5.01. The highest BCUT2D eigenvalue weighted by atomic mass is 35.5. The highest BCUT2D eigenvalue weighted by Gasteiger charge is 2.31. The van der Waals surface area contributed by atoms with E-state index >= 15 is 0 Å². The van der Waals surface area contributed by atoms with Gasteiger partial charge in [0.05, 0.1) is 12.4 Å². The standard InChI is InChI=1S/C8H8ClNO2S/c9-4-6-5-10(8(11)12-6)7-2-1-3-13-7/h1-3,6H,4-5H2/t6-/m1/s1. The van der Waals surface area contributed by atoms with Gasteiger partial charge < -0.3 is 4.74 Å². The van der Waals surface area contributed by atoms with Crippen LogP contribution in [0.25, 0.3) is 0 Å². The lowest BCUT2D eigenvalue weighted by molar-refractivity contribution is 0.151. The summed E-state index contributed by atoms with van der Waals surface area (Å²) in [6.07, 6.45) is -0.468. The van der Waals surface area contributed by atoms with Crippen molar-refractivity contribution < 1.29 is 9.53 Å². The predicted molar refractivity (Wildman–Crippen MR) is 52.7 cm³/mol. The summed E-state index contributed by atoms with van der Waals surface area (Å²) in [6, 6.07) is 3.80. The fraction of sp³-hybridized carbons (Fsp3) is 0.375. The molecule has 2 heterocycles. The number of carbonyl (C=O) groups is 1. The molecule has 1 aromatic heterocycles. The molecule has 0 spiro atoms. The highest BCUT2D eigenvalue weighted by Crippen LogP contribution is 2.26. The Bertz CT molecular complexity index is 301. The van der Waals surface area contributed by atoms with Gasteiger partial charge in [0.2, 0.25) is 0 Å². The van der Waals surface area contributed by atoms with E-state index in [2.05, 4.69) is 0 Å². The maximum absolute atomic E-state index is 11.3. The number of cyclic esters (lactones) is 1. The molecule has 1 aliphatic heterocycles. The van der Waals surface area contributed by atoms with Gasteiger partial charge in [0, 0.05) is 0 Å². The zero-order valence-corrected chi connectivity index (χ0v) is 8.35. The average molecular weight is 218 g/mol. The van der Waals surface area contributed by atoms with E-state index in [1.54, 1.807) is 4.90 Å². The molecule has 3 nitrogen and oxygen atoms in total. The van der Waals surface area contributed by atoms with Gasteiger partial charge in [0.15, 0.2) is 0 Å². The summed E-state index contributed by atoms with van der Waals surface area (Å²) in [6.45, 7) is 0.558. The third-order valence-electron chi connectivity index (χ3n) is 1.82. The fourth-order valence-electron chi connectivity index (χ4n) is 1.21. The lowest BCUT2D eigenvalue weighted by Crippen LogP contribution is -2.23. The number of rotatable bonds is 2. The van der Waals surface area contributed by atoms with Crippen LogP contribution < -0.4 is 4.90 Å². The molecule has 2 rings (SSSR count). The van der Waals surface area contributed by atoms with Gasteiger partial charge in [0.1, 0.15) is 11.1 Å². The van der Waals surface area contributed by atoms with Crippen LogP contribution >= 0.6 is 22.9 Å². The quantitative estimate of drug-likeness (QED) is 0.712. The molecule has 1 aliphatic rings. The van der Waals surface area contributed by atoms with Gasteiger partial charge in [-0.3, -0.25) is 4.90 Å². The van der Waals surface area contributed by atoms with E-state index in [-0.39, 0.29) is 12.2 Å². The number of alkyl halides is 1. The molecule has 0 aliphatic carbocycles. The summed E-state index contributed by atoms with van der Waals surface area (Å²) in [5, 5.41) is 2.84. The average Bonchev–Trinajstić information content (AvgIpc) is 2.72. The zero-order chi connectivity index (χ0) is 9.26. The molecule has 0 aromatic carbocycles. The summed E-state index contributed by atoms with van der Waals surface area (Å²) in [5.74, 6) is 0.355. The first-order valence-corrected chi connectivity index (χ1v) is 5.30. The number of hydrogen-bond donors (Lipinski definition) is 0. The maximum atomic E-state index is 11.3. The van der Waals surface area contributed by atoms with E-state index in [0.717, 1.165) is 5.00 Å². The van der Waals surface area contributed by atoms with Crippen molar-refractivity contribution in [3.8, 4) is 0 Å². The summed E-state index contributed by atoms with van der Waals surface area (Å²) in [7, 11) is 0. The number of thiophene rings is 1. The van der Waals surface area contributed by atoms with Gasteiger partial charge in [-0.1, -0.05) is 0 Å². The van der Waals surface area contributed by atoms with Crippen molar-refractivity contribution in [1.29, 1.82) is 0 Å². The van der Waals surface area contributed by atoms with Crippen LogP contribution in [0.2, 0.25) is 0 Å². The van der Waals surface area contributed by atoms with E-state index in [9.17, 15) is 4.79 Å². The first kappa shape index (κ1) is 8.84. The van der Waals surface area contributed by atoms with E-state index < -0.39 is 0 Å². The molecule has 0 radical (unpaired) electrons. The topological polar surface area (TPSA) is 29.5 Å². The Kier molecular flexibility index (Phi) is 2.42. The minimum Gasteiger partial charge on any atom is -0.443 e. The molecule has 13 heavy (non-hydrogen) atoms. The summed E-state index contributed by atoms with van der Waals surface area (Å²) >= 11 is 7.12. The van der Waals surface area contributed by atoms with Crippen molar-refractivity contribution in [3.05, 3.63) is 17.5 Å². The molecule has 70 valence electrons. The first-order chi connectivity index (χ1) is 6.31. The highest BCUT2D eigenvalue weighted by molar-refractivity contribution is 7.14. The van der Waals surface area contributed by atoms with Crippen LogP contribution in [-0.4, -0.2) is 24.6 Å². The molecule has 1 amide bonds. The van der Waals surface area contributed by atoms with E-state index in [1.807, 2.05) is 17.5 Å². The number of halogens is 1. The zero-order valence-electron chi connectivity index (χ0n) is 6.77. The number of carbonyl (C=O) groups excluding carboxylic acids is 1. The van der Waals surface area contributed by atoms with Crippen LogP contribution in [-0.2, 0) is 4.74 Å². The minimum absolute atomic E-state index is 0.170. The fourth-order valence-corrected chi connectivity index (χ4v) is 2.10. The molecule has 1 aromatic rings. The number of ether oxygens (including phenoxy) is 1. The van der Waals surface area contributed by atoms with Crippen LogP contribution in [0, 0.1) is 0 Å². The largest absolute Gasteiger partial charge is 0.443 e. The molecule has 0 unspecified atom stereocenters. The lowest BCUT2D eigenvalue weighted by Gasteiger charge is -2.08. The Morgan fingerprint density at radius 3 is 3.15 bits per heavy atom. The lowest BCUT2D eigenvalue weighted by atomic mass is 10.4. The molecular weight excluding hydrogens is 210 g/mol. The SMILES string of the molecule is O=C1O[C@H](CCl)CN1c1cccs1. The van der Waals surface area contributed by atoms with Crippen molar-refractivity contribution >= 4 is 34.0 Å². The van der Waals surface area contributed by atoms with E-state index in [1.165, 1.54) is 11.3 Å². The smallest absolute Gasteiger partial charge is 0.415 e.